The van der Waals surface area contributed by atoms with Gasteiger partial charge in [0.2, 0.25) is 0 Å². The first-order valence-electron chi connectivity index (χ1n) is 8.63. The van der Waals surface area contributed by atoms with Crippen LogP contribution in [0, 0.1) is 0 Å². The highest BCUT2D eigenvalue weighted by Crippen LogP contribution is 2.31. The molecule has 0 aliphatic carbocycles. The maximum absolute atomic E-state index is 12.1. The lowest BCUT2D eigenvalue weighted by Gasteiger charge is -2.08. The largest absolute Gasteiger partial charge is 0.504 e. The first kappa shape index (κ1) is 17.5. The topological polar surface area (TPSA) is 88.1 Å². The number of phenols is 1. The lowest BCUT2D eigenvalue weighted by molar-refractivity contribution is 0.373. The van der Waals surface area contributed by atoms with Gasteiger partial charge in [0.05, 0.1) is 18.5 Å². The van der Waals surface area contributed by atoms with Gasteiger partial charge in [-0.25, -0.2) is 4.79 Å². The number of methoxy groups -OCH3 is 1. The van der Waals surface area contributed by atoms with E-state index in [0.717, 1.165) is 16.7 Å². The predicted molar refractivity (Wildman–Crippen MR) is 107 cm³/mol. The highest BCUT2D eigenvalue weighted by molar-refractivity contribution is 5.72. The van der Waals surface area contributed by atoms with Crippen LogP contribution in [0.3, 0.4) is 0 Å². The molecule has 0 atom stereocenters. The third-order valence-corrected chi connectivity index (χ3v) is 4.43. The van der Waals surface area contributed by atoms with E-state index in [9.17, 15) is 9.90 Å². The summed E-state index contributed by atoms with van der Waals surface area (Å²) in [5.74, 6) is 0.353. The molecule has 2 aromatic heterocycles. The Bertz CT molecular complexity index is 1170. The molecule has 0 spiro atoms. The standard InChI is InChI=1S/C22H17N3O3/c1-28-21-12-17(6-7-20(21)26)19-13-18(24-22(27)25-19)16-4-2-14(3-5-16)15-8-10-23-11-9-15/h2-13,26H,1H3,(H,24,25,27). The first-order chi connectivity index (χ1) is 13.6. The third kappa shape index (κ3) is 3.48. The van der Waals surface area contributed by atoms with Gasteiger partial charge in [0.15, 0.2) is 11.5 Å². The molecule has 0 aliphatic heterocycles. The van der Waals surface area contributed by atoms with Crippen LogP contribution in [-0.2, 0) is 0 Å². The summed E-state index contributed by atoms with van der Waals surface area (Å²) in [6, 6.07) is 18.4. The monoisotopic (exact) mass is 371 g/mol. The molecule has 28 heavy (non-hydrogen) atoms. The second-order valence-corrected chi connectivity index (χ2v) is 6.19. The number of hydrogen-bond acceptors (Lipinski definition) is 5. The SMILES string of the molecule is COc1cc(-c2cc(-c3ccc(-c4ccncc4)cc3)[nH]c(=O)n2)ccc1O. The fraction of sp³-hybridized carbons (Fsp3) is 0.0455. The molecule has 0 bridgehead atoms. The zero-order chi connectivity index (χ0) is 19.5. The third-order valence-electron chi connectivity index (χ3n) is 4.43. The molecule has 2 heterocycles. The van der Waals surface area contributed by atoms with E-state index in [1.165, 1.54) is 13.2 Å². The summed E-state index contributed by atoms with van der Waals surface area (Å²) >= 11 is 0. The summed E-state index contributed by atoms with van der Waals surface area (Å²) in [6.45, 7) is 0. The minimum atomic E-state index is -0.447. The summed E-state index contributed by atoms with van der Waals surface area (Å²) < 4.78 is 5.14. The molecule has 138 valence electrons. The fourth-order valence-corrected chi connectivity index (χ4v) is 2.98. The minimum Gasteiger partial charge on any atom is -0.504 e. The number of benzene rings is 2. The van der Waals surface area contributed by atoms with Crippen LogP contribution in [0.15, 0.2) is 77.9 Å². The minimum absolute atomic E-state index is 0.0306. The highest BCUT2D eigenvalue weighted by Gasteiger charge is 2.09. The average Bonchev–Trinajstić information content (AvgIpc) is 2.74. The second kappa shape index (κ2) is 7.36. The van der Waals surface area contributed by atoms with E-state index >= 15 is 0 Å². The van der Waals surface area contributed by atoms with Crippen molar-refractivity contribution >= 4 is 0 Å². The molecule has 0 saturated heterocycles. The van der Waals surface area contributed by atoms with Gasteiger partial charge in [0, 0.05) is 18.0 Å². The molecule has 4 rings (SSSR count). The van der Waals surface area contributed by atoms with Crippen molar-refractivity contribution in [1.29, 1.82) is 0 Å². The molecule has 0 aliphatic rings. The normalized spacial score (nSPS) is 10.6. The predicted octanol–water partition coefficient (Wildman–Crippen LogP) is 3.88. The maximum Gasteiger partial charge on any atom is 0.345 e. The van der Waals surface area contributed by atoms with Crippen LogP contribution in [0.5, 0.6) is 11.5 Å². The van der Waals surface area contributed by atoms with Crippen molar-refractivity contribution in [3.8, 4) is 45.1 Å². The number of nitrogens with zero attached hydrogens (tertiary/aromatic N) is 2. The van der Waals surface area contributed by atoms with Crippen LogP contribution in [0.25, 0.3) is 33.6 Å². The van der Waals surface area contributed by atoms with Crippen LogP contribution in [0.4, 0.5) is 0 Å². The van der Waals surface area contributed by atoms with E-state index in [0.29, 0.717) is 22.7 Å². The Morgan fingerprint density at radius 3 is 2.21 bits per heavy atom. The number of hydrogen-bond donors (Lipinski definition) is 2. The van der Waals surface area contributed by atoms with Gasteiger partial charge in [-0.3, -0.25) is 4.98 Å². The summed E-state index contributed by atoms with van der Waals surface area (Å²) in [5.41, 5.74) is 4.38. The van der Waals surface area contributed by atoms with Crippen LogP contribution >= 0.6 is 0 Å². The van der Waals surface area contributed by atoms with Gasteiger partial charge in [-0.2, -0.15) is 4.98 Å². The summed E-state index contributed by atoms with van der Waals surface area (Å²) in [4.78, 5) is 23.0. The Kier molecular flexibility index (Phi) is 4.60. The summed E-state index contributed by atoms with van der Waals surface area (Å²) in [5, 5.41) is 9.77. The van der Waals surface area contributed by atoms with Crippen LogP contribution in [-0.4, -0.2) is 27.2 Å². The zero-order valence-electron chi connectivity index (χ0n) is 15.1. The van der Waals surface area contributed by atoms with E-state index < -0.39 is 5.69 Å². The number of nitrogens with one attached hydrogen (secondary N) is 1. The smallest absolute Gasteiger partial charge is 0.345 e. The molecular weight excluding hydrogens is 354 g/mol. The van der Waals surface area contributed by atoms with Crippen molar-refractivity contribution in [2.45, 2.75) is 0 Å². The Balaban J connectivity index is 1.72. The van der Waals surface area contributed by atoms with Crippen molar-refractivity contribution in [3.63, 3.8) is 0 Å². The number of H-pyrrole nitrogens is 1. The summed E-state index contributed by atoms with van der Waals surface area (Å²) in [6.07, 6.45) is 3.50. The molecule has 2 aromatic carbocycles. The average molecular weight is 371 g/mol. The van der Waals surface area contributed by atoms with Crippen molar-refractivity contribution in [1.82, 2.24) is 15.0 Å². The molecule has 4 aromatic rings. The highest BCUT2D eigenvalue weighted by atomic mass is 16.5. The molecule has 0 unspecified atom stereocenters. The number of aromatic nitrogens is 3. The zero-order valence-corrected chi connectivity index (χ0v) is 15.1. The quantitative estimate of drug-likeness (QED) is 0.568. The van der Waals surface area contributed by atoms with E-state index in [-0.39, 0.29) is 5.75 Å². The van der Waals surface area contributed by atoms with E-state index in [1.54, 1.807) is 30.6 Å². The van der Waals surface area contributed by atoms with Crippen LogP contribution in [0.1, 0.15) is 0 Å². The van der Waals surface area contributed by atoms with Gasteiger partial charge in [-0.05, 0) is 53.1 Å². The van der Waals surface area contributed by atoms with Gasteiger partial charge in [0.1, 0.15) is 0 Å². The van der Waals surface area contributed by atoms with Gasteiger partial charge in [0.25, 0.3) is 0 Å². The molecule has 6 heteroatoms. The van der Waals surface area contributed by atoms with Crippen molar-refractivity contribution in [2.24, 2.45) is 0 Å². The van der Waals surface area contributed by atoms with E-state index in [1.807, 2.05) is 36.4 Å². The molecular formula is C22H17N3O3. The Morgan fingerprint density at radius 1 is 0.857 bits per heavy atom. The molecule has 0 saturated carbocycles. The van der Waals surface area contributed by atoms with Crippen molar-refractivity contribution in [2.75, 3.05) is 7.11 Å². The number of ether oxygens (including phenoxy) is 1. The number of aromatic amines is 1. The molecule has 0 radical (unpaired) electrons. The van der Waals surface area contributed by atoms with Crippen LogP contribution < -0.4 is 10.4 Å². The van der Waals surface area contributed by atoms with Gasteiger partial charge in [-0.15, -0.1) is 0 Å². The number of aromatic hydroxyl groups is 1. The lowest BCUT2D eigenvalue weighted by Crippen LogP contribution is -2.11. The molecule has 2 N–H and O–H groups in total. The Hall–Kier alpha value is -3.93. The van der Waals surface area contributed by atoms with Crippen LogP contribution in [0.2, 0.25) is 0 Å². The van der Waals surface area contributed by atoms with E-state index in [2.05, 4.69) is 15.0 Å². The number of phenolic OH excluding ortho intramolecular Hbond substituents is 1. The van der Waals surface area contributed by atoms with Crippen molar-refractivity contribution < 1.29 is 9.84 Å². The van der Waals surface area contributed by atoms with Gasteiger partial charge < -0.3 is 14.8 Å². The fourth-order valence-electron chi connectivity index (χ4n) is 2.98. The lowest BCUT2D eigenvalue weighted by atomic mass is 10.0. The number of pyridine rings is 1. The Labute approximate surface area is 161 Å². The molecule has 0 fully saturated rings. The summed E-state index contributed by atoms with van der Waals surface area (Å²) in [7, 11) is 1.47. The van der Waals surface area contributed by atoms with Crippen molar-refractivity contribution in [3.05, 3.63) is 83.5 Å². The van der Waals surface area contributed by atoms with Gasteiger partial charge >= 0.3 is 5.69 Å². The van der Waals surface area contributed by atoms with Gasteiger partial charge in [-0.1, -0.05) is 24.3 Å². The first-order valence-corrected chi connectivity index (χ1v) is 8.63. The Morgan fingerprint density at radius 2 is 1.50 bits per heavy atom. The number of rotatable bonds is 4. The second-order valence-electron chi connectivity index (χ2n) is 6.19. The maximum atomic E-state index is 12.1. The van der Waals surface area contributed by atoms with E-state index in [4.69, 9.17) is 4.74 Å². The molecule has 0 amide bonds. The molecule has 6 nitrogen and oxygen atoms in total.